The van der Waals surface area contributed by atoms with E-state index in [9.17, 15) is 9.00 Å². The van der Waals surface area contributed by atoms with Gasteiger partial charge in [0.25, 0.3) is 0 Å². The van der Waals surface area contributed by atoms with Crippen LogP contribution in [-0.4, -0.2) is 16.1 Å². The molecule has 0 aliphatic heterocycles. The Balaban J connectivity index is 1.26. The fraction of sp³-hybridized carbons (Fsp3) is 0.679. The molecule has 180 valence electrons. The summed E-state index contributed by atoms with van der Waals surface area (Å²) in [7, 11) is 0. The predicted octanol–water partition coefficient (Wildman–Crippen LogP) is 6.50. The summed E-state index contributed by atoms with van der Waals surface area (Å²) in [5.74, 6) is 2.73. The Morgan fingerprint density at radius 3 is 2.52 bits per heavy atom. The molecular formula is C28H38O4S. The van der Waals surface area contributed by atoms with E-state index in [0.29, 0.717) is 28.4 Å². The molecule has 33 heavy (non-hydrogen) atoms. The maximum atomic E-state index is 12.5. The third-order valence-corrected chi connectivity index (χ3v) is 10.9. The third kappa shape index (κ3) is 3.98. The standard InChI is InChI=1S/C28H38O4S/c1-18-5-8-22(9-6-18)33(30)32-31-21-13-15-27(3)20(17-21)7-10-23-25-12-11-24(19(2)29)28(25,4)16-14-26(23)27/h5-9,21,23-26H,10-17H2,1-4H3/t21-,23-,24+,25-,26-,27-,28+,33-/m0/s1. The highest BCUT2D eigenvalue weighted by Crippen LogP contribution is 2.66. The largest absolute Gasteiger partial charge is 0.300 e. The smallest absolute Gasteiger partial charge is 0.220 e. The van der Waals surface area contributed by atoms with Crippen LogP contribution in [0.5, 0.6) is 0 Å². The van der Waals surface area contributed by atoms with Crippen molar-refractivity contribution in [2.75, 3.05) is 0 Å². The van der Waals surface area contributed by atoms with Crippen molar-refractivity contribution in [2.45, 2.75) is 90.1 Å². The first-order chi connectivity index (χ1) is 15.7. The molecule has 4 aliphatic carbocycles. The number of ketones is 1. The topological polar surface area (TPSA) is 52.6 Å². The number of allylic oxidation sites excluding steroid dienone is 1. The molecule has 3 fully saturated rings. The van der Waals surface area contributed by atoms with E-state index in [0.717, 1.165) is 37.7 Å². The highest BCUT2D eigenvalue weighted by atomic mass is 32.2. The molecule has 0 unspecified atom stereocenters. The van der Waals surface area contributed by atoms with Crippen LogP contribution < -0.4 is 0 Å². The van der Waals surface area contributed by atoms with Crippen molar-refractivity contribution >= 4 is 16.9 Å². The number of Topliss-reactive ketones (excluding diaryl/α,β-unsaturated/α-hetero) is 1. The molecule has 4 aliphatic rings. The molecule has 0 N–H and O–H groups in total. The molecule has 0 heterocycles. The van der Waals surface area contributed by atoms with E-state index in [4.69, 9.17) is 9.22 Å². The summed E-state index contributed by atoms with van der Waals surface area (Å²) in [5, 5.41) is 0. The van der Waals surface area contributed by atoms with Crippen molar-refractivity contribution in [1.29, 1.82) is 0 Å². The molecule has 0 bridgehead atoms. The van der Waals surface area contributed by atoms with Crippen molar-refractivity contribution in [2.24, 2.45) is 34.5 Å². The van der Waals surface area contributed by atoms with Crippen LogP contribution in [0.25, 0.3) is 0 Å². The van der Waals surface area contributed by atoms with Gasteiger partial charge >= 0.3 is 0 Å². The van der Waals surface area contributed by atoms with E-state index in [1.165, 1.54) is 24.8 Å². The van der Waals surface area contributed by atoms with Crippen LogP contribution in [0.15, 0.2) is 40.8 Å². The quantitative estimate of drug-likeness (QED) is 0.280. The summed E-state index contributed by atoms with van der Waals surface area (Å²) < 4.78 is 17.8. The Morgan fingerprint density at radius 2 is 1.79 bits per heavy atom. The number of rotatable bonds is 5. The summed E-state index contributed by atoms with van der Waals surface area (Å²) >= 11 is -1.60. The first-order valence-corrected chi connectivity index (χ1v) is 13.8. The van der Waals surface area contributed by atoms with Gasteiger partial charge in [0.15, 0.2) is 0 Å². The van der Waals surface area contributed by atoms with Crippen molar-refractivity contribution in [3.63, 3.8) is 0 Å². The second-order valence-electron chi connectivity index (χ2n) is 11.6. The van der Waals surface area contributed by atoms with E-state index in [1.54, 1.807) is 6.92 Å². The molecule has 0 spiro atoms. The minimum Gasteiger partial charge on any atom is -0.300 e. The lowest BCUT2D eigenvalue weighted by atomic mass is 9.47. The summed E-state index contributed by atoms with van der Waals surface area (Å²) in [5.41, 5.74) is 3.05. The lowest BCUT2D eigenvalue weighted by Crippen LogP contribution is -2.51. The molecule has 4 nitrogen and oxygen atoms in total. The average molecular weight is 471 g/mol. The summed E-state index contributed by atoms with van der Waals surface area (Å²) in [4.78, 5) is 18.7. The van der Waals surface area contributed by atoms with Gasteiger partial charge in [0, 0.05) is 5.92 Å². The van der Waals surface area contributed by atoms with Gasteiger partial charge < -0.3 is 0 Å². The van der Waals surface area contributed by atoms with E-state index in [-0.39, 0.29) is 22.9 Å². The zero-order valence-corrected chi connectivity index (χ0v) is 21.3. The van der Waals surface area contributed by atoms with Gasteiger partial charge in [-0.15, -0.1) is 4.33 Å². The Morgan fingerprint density at radius 1 is 1.03 bits per heavy atom. The van der Waals surface area contributed by atoms with Crippen molar-refractivity contribution in [3.8, 4) is 0 Å². The number of hydrogen-bond acceptors (Lipinski definition) is 4. The van der Waals surface area contributed by atoms with Crippen LogP contribution >= 0.6 is 0 Å². The Labute approximate surface area is 201 Å². The number of benzene rings is 1. The van der Waals surface area contributed by atoms with Gasteiger partial charge in [-0.25, -0.2) is 9.10 Å². The van der Waals surface area contributed by atoms with Crippen molar-refractivity contribution in [3.05, 3.63) is 41.5 Å². The SMILES string of the molecule is CC(=O)[C@H]1CC[C@H]2[C@@H]3CC=C4C[C@@H](OO[S@](=O)c5ccc(C)cc5)CC[C@]4(C)[C@H]3CC[C@]12C. The van der Waals surface area contributed by atoms with Gasteiger partial charge in [0.1, 0.15) is 5.78 Å². The van der Waals surface area contributed by atoms with Gasteiger partial charge in [-0.3, -0.25) is 4.79 Å². The second-order valence-corrected chi connectivity index (χ2v) is 12.7. The van der Waals surface area contributed by atoms with Crippen LogP contribution in [0.2, 0.25) is 0 Å². The molecule has 8 atom stereocenters. The lowest BCUT2D eigenvalue weighted by Gasteiger charge is -2.58. The number of carbonyl (C=O) groups is 1. The van der Waals surface area contributed by atoms with E-state index in [1.807, 2.05) is 31.2 Å². The van der Waals surface area contributed by atoms with Gasteiger partial charge in [-0.2, -0.15) is 0 Å². The molecule has 0 radical (unpaired) electrons. The van der Waals surface area contributed by atoms with E-state index in [2.05, 4.69) is 19.9 Å². The van der Waals surface area contributed by atoms with Crippen LogP contribution in [0.3, 0.4) is 0 Å². The highest BCUT2D eigenvalue weighted by Gasteiger charge is 2.59. The molecule has 1 aromatic rings. The number of carbonyl (C=O) groups excluding carboxylic acids is 1. The molecule has 1 aromatic carbocycles. The van der Waals surface area contributed by atoms with Crippen molar-refractivity contribution < 1.29 is 18.2 Å². The first kappa shape index (κ1) is 23.4. The Kier molecular flexibility index (Phi) is 6.20. The van der Waals surface area contributed by atoms with Gasteiger partial charge in [0.2, 0.25) is 11.1 Å². The second kappa shape index (κ2) is 8.73. The maximum Gasteiger partial charge on any atom is 0.220 e. The number of aryl methyl sites for hydroxylation is 1. The van der Waals surface area contributed by atoms with Gasteiger partial charge in [-0.05, 0) is 106 Å². The zero-order valence-electron chi connectivity index (χ0n) is 20.5. The molecule has 5 heteroatoms. The summed E-state index contributed by atoms with van der Waals surface area (Å²) in [6.07, 6.45) is 11.2. The molecule has 0 aromatic heterocycles. The molecule has 3 saturated carbocycles. The highest BCUT2D eigenvalue weighted by molar-refractivity contribution is 7.80. The van der Waals surface area contributed by atoms with Crippen LogP contribution in [0.4, 0.5) is 0 Å². The monoisotopic (exact) mass is 470 g/mol. The van der Waals surface area contributed by atoms with Gasteiger partial charge in [0.05, 0.1) is 11.0 Å². The Bertz CT molecular complexity index is 969. The summed E-state index contributed by atoms with van der Waals surface area (Å²) in [6, 6.07) is 7.52. The predicted molar refractivity (Wildman–Crippen MR) is 129 cm³/mol. The average Bonchev–Trinajstić information content (AvgIpc) is 3.15. The first-order valence-electron chi connectivity index (χ1n) is 12.7. The normalized spacial score (nSPS) is 40.8. The minimum absolute atomic E-state index is 0.0438. The molecule has 0 saturated heterocycles. The fourth-order valence-electron chi connectivity index (χ4n) is 8.16. The molecule has 5 rings (SSSR count). The number of hydrogen-bond donors (Lipinski definition) is 0. The molecular weight excluding hydrogens is 432 g/mol. The zero-order chi connectivity index (χ0) is 23.4. The van der Waals surface area contributed by atoms with Crippen LogP contribution in [-0.2, 0) is 25.1 Å². The lowest BCUT2D eigenvalue weighted by molar-refractivity contribution is -0.244. The third-order valence-electron chi connectivity index (χ3n) is 10.0. The maximum absolute atomic E-state index is 12.5. The summed E-state index contributed by atoms with van der Waals surface area (Å²) in [6.45, 7) is 8.69. The minimum atomic E-state index is -1.60. The Hall–Kier alpha value is -1.30. The van der Waals surface area contributed by atoms with Crippen LogP contribution in [0, 0.1) is 41.4 Å². The van der Waals surface area contributed by atoms with E-state index >= 15 is 0 Å². The van der Waals surface area contributed by atoms with E-state index < -0.39 is 11.1 Å². The van der Waals surface area contributed by atoms with Crippen LogP contribution in [0.1, 0.15) is 77.7 Å². The van der Waals surface area contributed by atoms with Gasteiger partial charge in [-0.1, -0.05) is 43.2 Å². The molecule has 0 amide bonds. The fourth-order valence-corrected chi connectivity index (χ4v) is 8.78. The number of fused-ring (bicyclic) bond motifs is 5. The van der Waals surface area contributed by atoms with Crippen molar-refractivity contribution in [1.82, 2.24) is 0 Å².